The highest BCUT2D eigenvalue weighted by Crippen LogP contribution is 2.41. The van der Waals surface area contributed by atoms with Crippen LogP contribution in [0.4, 0.5) is 0 Å². The lowest BCUT2D eigenvalue weighted by Crippen LogP contribution is -1.92. The summed E-state index contributed by atoms with van der Waals surface area (Å²) >= 11 is 11.4. The largest absolute Gasteiger partial charge is 0.762 e. The molecule has 0 saturated carbocycles. The number of aryl methyl sites for hydroxylation is 2. The molecular weight excluding hydrogens is 308 g/mol. The summed E-state index contributed by atoms with van der Waals surface area (Å²) in [6.45, 7) is 0. The minimum Gasteiger partial charge on any atom is -0.762 e. The van der Waals surface area contributed by atoms with Crippen LogP contribution in [0.3, 0.4) is 0 Å². The molecule has 0 saturated heterocycles. The number of benzene rings is 2. The molecule has 4 heteroatoms. The molecule has 22 heavy (non-hydrogen) atoms. The standard InChI is InChI=1S/C18H16N2S2/c1-19-13-9-5-3-7-11(13)15(17(19)21)16-12-8-4-6-10-14(12)20(2)18(16)22/h3-10,21-22H,1-2H3/p-2. The van der Waals surface area contributed by atoms with Gasteiger partial charge in [0, 0.05) is 35.9 Å². The highest BCUT2D eigenvalue weighted by Gasteiger charge is 2.15. The summed E-state index contributed by atoms with van der Waals surface area (Å²) in [5.41, 5.74) is 4.44. The Labute approximate surface area is 140 Å². The molecule has 0 fully saturated rings. The number of rotatable bonds is 1. The molecule has 2 aromatic carbocycles. The van der Waals surface area contributed by atoms with E-state index in [0.717, 1.165) is 43.0 Å². The van der Waals surface area contributed by atoms with E-state index < -0.39 is 0 Å². The van der Waals surface area contributed by atoms with Gasteiger partial charge in [-0.25, -0.2) is 0 Å². The molecule has 0 atom stereocenters. The lowest BCUT2D eigenvalue weighted by atomic mass is 10.0. The molecule has 110 valence electrons. The smallest absolute Gasteiger partial charge is 0.0470 e. The Morgan fingerprint density at radius 3 is 1.41 bits per heavy atom. The van der Waals surface area contributed by atoms with Crippen molar-refractivity contribution in [2.75, 3.05) is 0 Å². The zero-order chi connectivity index (χ0) is 15.4. The maximum atomic E-state index is 5.72. The van der Waals surface area contributed by atoms with Crippen molar-refractivity contribution in [3.63, 3.8) is 0 Å². The Hall–Kier alpha value is -2.04. The van der Waals surface area contributed by atoms with Gasteiger partial charge in [0.25, 0.3) is 0 Å². The molecule has 0 spiro atoms. The van der Waals surface area contributed by atoms with E-state index >= 15 is 0 Å². The number of hydrogen-bond donors (Lipinski definition) is 0. The zero-order valence-corrected chi connectivity index (χ0v) is 14.0. The van der Waals surface area contributed by atoms with Crippen LogP contribution in [0.2, 0.25) is 0 Å². The third kappa shape index (κ3) is 1.65. The van der Waals surface area contributed by atoms with E-state index in [1.165, 1.54) is 0 Å². The van der Waals surface area contributed by atoms with Crippen molar-refractivity contribution in [3.8, 4) is 11.1 Å². The van der Waals surface area contributed by atoms with Crippen LogP contribution >= 0.6 is 0 Å². The van der Waals surface area contributed by atoms with Gasteiger partial charge in [0.05, 0.1) is 0 Å². The lowest BCUT2D eigenvalue weighted by molar-refractivity contribution is 0.855. The van der Waals surface area contributed by atoms with E-state index in [4.69, 9.17) is 25.3 Å². The van der Waals surface area contributed by atoms with Crippen molar-refractivity contribution in [1.29, 1.82) is 0 Å². The molecule has 0 aliphatic carbocycles. The molecule has 2 aromatic heterocycles. The molecule has 0 unspecified atom stereocenters. The van der Waals surface area contributed by atoms with Gasteiger partial charge >= 0.3 is 0 Å². The maximum Gasteiger partial charge on any atom is 0.0470 e. The van der Waals surface area contributed by atoms with Crippen LogP contribution in [-0.4, -0.2) is 9.13 Å². The third-order valence-electron chi connectivity index (χ3n) is 4.36. The van der Waals surface area contributed by atoms with Crippen LogP contribution in [0.25, 0.3) is 32.9 Å². The van der Waals surface area contributed by atoms with Gasteiger partial charge in [0.2, 0.25) is 0 Å². The van der Waals surface area contributed by atoms with Crippen molar-refractivity contribution < 1.29 is 0 Å². The first-order valence-corrected chi connectivity index (χ1v) is 7.92. The average Bonchev–Trinajstić information content (AvgIpc) is 2.94. The Morgan fingerprint density at radius 1 is 0.636 bits per heavy atom. The Morgan fingerprint density at radius 2 is 1.00 bits per heavy atom. The van der Waals surface area contributed by atoms with E-state index in [0.29, 0.717) is 0 Å². The molecule has 0 N–H and O–H groups in total. The van der Waals surface area contributed by atoms with Gasteiger partial charge in [0.15, 0.2) is 0 Å². The number of hydrogen-bond acceptors (Lipinski definition) is 2. The molecule has 0 aliphatic rings. The van der Waals surface area contributed by atoms with Crippen LogP contribution in [0.5, 0.6) is 0 Å². The molecule has 2 heterocycles. The summed E-state index contributed by atoms with van der Waals surface area (Å²) in [6, 6.07) is 16.6. The van der Waals surface area contributed by atoms with Crippen molar-refractivity contribution in [2.45, 2.75) is 10.1 Å². The number of nitrogens with zero attached hydrogens (tertiary/aromatic N) is 2. The first-order chi connectivity index (χ1) is 10.6. The fraction of sp³-hybridized carbons (Fsp3) is 0.111. The molecule has 4 rings (SSSR count). The van der Waals surface area contributed by atoms with Gasteiger partial charge in [-0.15, -0.1) is 0 Å². The van der Waals surface area contributed by atoms with Crippen LogP contribution < -0.4 is 0 Å². The van der Waals surface area contributed by atoms with Crippen molar-refractivity contribution in [2.24, 2.45) is 14.1 Å². The monoisotopic (exact) mass is 322 g/mol. The lowest BCUT2D eigenvalue weighted by Gasteiger charge is -2.17. The van der Waals surface area contributed by atoms with Crippen LogP contribution in [0.15, 0.2) is 58.6 Å². The minimum atomic E-state index is 0.837. The van der Waals surface area contributed by atoms with Crippen LogP contribution in [0, 0.1) is 0 Å². The Bertz CT molecular complexity index is 941. The van der Waals surface area contributed by atoms with E-state index in [1.54, 1.807) is 0 Å². The van der Waals surface area contributed by atoms with E-state index in [-0.39, 0.29) is 0 Å². The van der Waals surface area contributed by atoms with Gasteiger partial charge in [0.1, 0.15) is 0 Å². The van der Waals surface area contributed by atoms with Gasteiger partial charge < -0.3 is 34.4 Å². The summed E-state index contributed by atoms with van der Waals surface area (Å²) in [6.07, 6.45) is 0. The molecule has 0 bridgehead atoms. The fourth-order valence-electron chi connectivity index (χ4n) is 3.22. The first-order valence-electron chi connectivity index (χ1n) is 7.10. The second kappa shape index (κ2) is 4.73. The predicted molar refractivity (Wildman–Crippen MR) is 96.1 cm³/mol. The number of para-hydroxylation sites is 2. The summed E-state index contributed by atoms with van der Waals surface area (Å²) in [5.74, 6) is 0. The van der Waals surface area contributed by atoms with Crippen molar-refractivity contribution >= 4 is 47.1 Å². The normalized spacial score (nSPS) is 11.5. The van der Waals surface area contributed by atoms with Crippen molar-refractivity contribution in [3.05, 3.63) is 48.5 Å². The Balaban J connectivity index is 2.22. The van der Waals surface area contributed by atoms with Crippen molar-refractivity contribution in [1.82, 2.24) is 9.13 Å². The topological polar surface area (TPSA) is 9.86 Å². The fourth-order valence-corrected chi connectivity index (χ4v) is 3.84. The summed E-state index contributed by atoms with van der Waals surface area (Å²) in [7, 11) is 4.03. The van der Waals surface area contributed by atoms with Crippen LogP contribution in [-0.2, 0) is 39.4 Å². The van der Waals surface area contributed by atoms with Crippen LogP contribution in [0.1, 0.15) is 0 Å². The number of fused-ring (bicyclic) bond motifs is 2. The highest BCUT2D eigenvalue weighted by atomic mass is 32.1. The minimum absolute atomic E-state index is 0.837. The van der Waals surface area contributed by atoms with E-state index in [2.05, 4.69) is 45.5 Å². The van der Waals surface area contributed by atoms with E-state index in [9.17, 15) is 0 Å². The number of aromatic nitrogens is 2. The second-order valence-corrected chi connectivity index (χ2v) is 6.29. The second-order valence-electron chi connectivity index (χ2n) is 5.51. The first kappa shape index (κ1) is 13.6. The maximum absolute atomic E-state index is 5.72. The predicted octanol–water partition coefficient (Wildman–Crippen LogP) is 4.15. The third-order valence-corrected chi connectivity index (χ3v) is 5.31. The van der Waals surface area contributed by atoms with Gasteiger partial charge in [-0.1, -0.05) is 46.5 Å². The quantitative estimate of drug-likeness (QED) is 0.487. The van der Waals surface area contributed by atoms with Gasteiger partial charge in [-0.3, -0.25) is 0 Å². The molecule has 0 aliphatic heterocycles. The van der Waals surface area contributed by atoms with Gasteiger partial charge in [-0.2, -0.15) is 0 Å². The summed E-state index contributed by atoms with van der Waals surface area (Å²) < 4.78 is 4.13. The summed E-state index contributed by atoms with van der Waals surface area (Å²) in [5, 5.41) is 4.00. The zero-order valence-electron chi connectivity index (χ0n) is 12.3. The molecule has 2 nitrogen and oxygen atoms in total. The van der Waals surface area contributed by atoms with E-state index in [1.807, 2.05) is 26.2 Å². The molecular formula is C18H14N2S2-2. The summed E-state index contributed by atoms with van der Waals surface area (Å²) in [4.78, 5) is 0. The van der Waals surface area contributed by atoms with Gasteiger partial charge in [-0.05, 0) is 23.3 Å². The average molecular weight is 322 g/mol. The Kier molecular flexibility index (Phi) is 2.93. The molecule has 0 amide bonds. The highest BCUT2D eigenvalue weighted by molar-refractivity contribution is 7.59. The molecule has 4 aromatic rings. The SMILES string of the molecule is Cn1c([S-])c(-c2c([S-])n(C)c3ccccc23)c2ccccc21. The molecule has 0 radical (unpaired) electrons.